The van der Waals surface area contributed by atoms with Crippen LogP contribution < -0.4 is 15.0 Å². The van der Waals surface area contributed by atoms with Crippen molar-refractivity contribution in [2.24, 2.45) is 5.92 Å². The lowest BCUT2D eigenvalue weighted by Gasteiger charge is -2.40. The van der Waals surface area contributed by atoms with Gasteiger partial charge in [-0.1, -0.05) is 0 Å². The van der Waals surface area contributed by atoms with Crippen LogP contribution in [0.25, 0.3) is 11.1 Å². The Labute approximate surface area is 253 Å². The fraction of sp³-hybridized carbons (Fsp3) is 0.400. The molecule has 2 aliphatic rings. The molecule has 2 aliphatic heterocycles. The molecule has 6 rings (SSSR count). The van der Waals surface area contributed by atoms with Crippen LogP contribution in [0.5, 0.6) is 5.75 Å². The average molecular weight is 616 g/mol. The van der Waals surface area contributed by atoms with Crippen molar-refractivity contribution in [2.45, 2.75) is 45.6 Å². The van der Waals surface area contributed by atoms with Crippen LogP contribution in [-0.2, 0) is 25.7 Å². The normalized spacial score (nSPS) is 16.8. The first-order chi connectivity index (χ1) is 20.1. The third-order valence-electron chi connectivity index (χ3n) is 7.86. The number of ketones is 1. The first-order valence-corrected chi connectivity index (χ1v) is 14.0. The van der Waals surface area contributed by atoms with Crippen molar-refractivity contribution in [3.05, 3.63) is 77.3 Å². The molecule has 9 nitrogen and oxygen atoms in total. The zero-order chi connectivity index (χ0) is 29.6. The van der Waals surface area contributed by atoms with Gasteiger partial charge in [-0.15, -0.1) is 12.4 Å². The Balaban J connectivity index is 0.00000368. The molecular weight excluding hydrogens is 583 g/mol. The number of nitrogens with zero attached hydrogens (tertiary/aromatic N) is 6. The van der Waals surface area contributed by atoms with E-state index in [2.05, 4.69) is 20.3 Å². The summed E-state index contributed by atoms with van der Waals surface area (Å²) < 4.78 is 51.4. The Kier molecular flexibility index (Phi) is 8.53. The van der Waals surface area contributed by atoms with Crippen LogP contribution in [0.3, 0.4) is 0 Å². The summed E-state index contributed by atoms with van der Waals surface area (Å²) in [6.07, 6.45) is 2.05. The van der Waals surface area contributed by atoms with E-state index in [1.807, 2.05) is 26.1 Å². The number of aromatic nitrogens is 5. The number of likely N-dealkylation sites (N-methyl/N-ethyl adjacent to an activating group) is 1. The maximum absolute atomic E-state index is 14.1. The van der Waals surface area contributed by atoms with Crippen LogP contribution in [0.1, 0.15) is 39.8 Å². The number of nitrogens with one attached hydrogen (secondary N) is 1. The third-order valence-corrected chi connectivity index (χ3v) is 7.86. The molecule has 1 aromatic carbocycles. The Bertz CT molecular complexity index is 1610. The summed E-state index contributed by atoms with van der Waals surface area (Å²) in [5, 5.41) is 7.05. The molecule has 0 radical (unpaired) electrons. The summed E-state index contributed by atoms with van der Waals surface area (Å²) in [7, 11) is 1.94. The second-order valence-electron chi connectivity index (χ2n) is 11.0. The first kappa shape index (κ1) is 30.6. The zero-order valence-electron chi connectivity index (χ0n) is 24.1. The summed E-state index contributed by atoms with van der Waals surface area (Å²) in [5.74, 6) is 0.324. The number of imidazole rings is 1. The maximum atomic E-state index is 14.1. The minimum absolute atomic E-state index is 0. The number of carbonyl (C=O) groups excluding carboxylic acids is 1. The SMILES string of the molecule is CCn1cc(-c2cc(Cn3ccnc3)cc3c2OC[C@@H](Cc2cc(C)cc(N4CC(NC)C4)n2)C3=O)c(C(F)(F)F)n1.Cl. The Morgan fingerprint density at radius 2 is 1.88 bits per heavy atom. The molecule has 3 aromatic heterocycles. The molecule has 1 saturated heterocycles. The molecular formula is C30H33ClF3N7O2. The molecule has 4 aromatic rings. The average Bonchev–Trinajstić information content (AvgIpc) is 3.59. The number of alkyl halides is 3. The van der Waals surface area contributed by atoms with Crippen molar-refractivity contribution >= 4 is 24.0 Å². The first-order valence-electron chi connectivity index (χ1n) is 14.0. The lowest BCUT2D eigenvalue weighted by atomic mass is 9.87. The standard InChI is InChI=1S/C30H32F3N7O2.ClH/c1-4-40-15-25(29(37-40)30(31,32)33)23-9-19(12-38-6-5-35-17-38)10-24-27(41)20(16-42-28(23)24)11-21-7-18(2)8-26(36-21)39-13-22(14-39)34-3;/h5-10,15,17,20,22,34H,4,11-14,16H2,1-3H3;1H/t20-;/m1./s1. The fourth-order valence-corrected chi connectivity index (χ4v) is 5.62. The van der Waals surface area contributed by atoms with E-state index in [4.69, 9.17) is 9.72 Å². The van der Waals surface area contributed by atoms with E-state index in [0.29, 0.717) is 24.6 Å². The molecule has 0 spiro atoms. The number of rotatable bonds is 8. The second-order valence-corrected chi connectivity index (χ2v) is 11.0. The highest BCUT2D eigenvalue weighted by Gasteiger charge is 2.40. The molecule has 228 valence electrons. The Morgan fingerprint density at radius 1 is 1.12 bits per heavy atom. The number of carbonyl (C=O) groups is 1. The molecule has 0 bridgehead atoms. The van der Waals surface area contributed by atoms with E-state index in [1.165, 1.54) is 10.9 Å². The number of hydrogen-bond acceptors (Lipinski definition) is 7. The largest absolute Gasteiger partial charge is 0.491 e. The summed E-state index contributed by atoms with van der Waals surface area (Å²) in [4.78, 5) is 25.1. The molecule has 1 fully saturated rings. The Morgan fingerprint density at radius 3 is 2.56 bits per heavy atom. The molecule has 43 heavy (non-hydrogen) atoms. The van der Waals surface area contributed by atoms with Crippen LogP contribution in [0, 0.1) is 12.8 Å². The van der Waals surface area contributed by atoms with E-state index < -0.39 is 17.8 Å². The van der Waals surface area contributed by atoms with Gasteiger partial charge in [0.2, 0.25) is 0 Å². The van der Waals surface area contributed by atoms with Crippen molar-refractivity contribution in [3.8, 4) is 16.9 Å². The minimum atomic E-state index is -4.68. The fourth-order valence-electron chi connectivity index (χ4n) is 5.62. The highest BCUT2D eigenvalue weighted by Crippen LogP contribution is 2.44. The molecule has 1 atom stereocenters. The molecule has 1 N–H and O–H groups in total. The van der Waals surface area contributed by atoms with Gasteiger partial charge in [-0.05, 0) is 56.3 Å². The third kappa shape index (κ3) is 6.12. The molecule has 0 amide bonds. The number of pyridine rings is 1. The van der Waals surface area contributed by atoms with Gasteiger partial charge in [-0.2, -0.15) is 18.3 Å². The predicted octanol–water partition coefficient (Wildman–Crippen LogP) is 4.80. The molecule has 0 saturated carbocycles. The lowest BCUT2D eigenvalue weighted by Crippen LogP contribution is -2.57. The van der Waals surface area contributed by atoms with Gasteiger partial charge >= 0.3 is 6.18 Å². The van der Waals surface area contributed by atoms with Crippen LogP contribution in [0.2, 0.25) is 0 Å². The molecule has 0 aliphatic carbocycles. The highest BCUT2D eigenvalue weighted by atomic mass is 35.5. The zero-order valence-corrected chi connectivity index (χ0v) is 24.9. The van der Waals surface area contributed by atoms with Gasteiger partial charge in [0.25, 0.3) is 0 Å². The summed E-state index contributed by atoms with van der Waals surface area (Å²) in [6.45, 7) is 6.08. The van der Waals surface area contributed by atoms with Crippen LogP contribution >= 0.6 is 12.4 Å². The smallest absolute Gasteiger partial charge is 0.435 e. The number of anilines is 1. The van der Waals surface area contributed by atoms with E-state index in [-0.39, 0.29) is 53.8 Å². The van der Waals surface area contributed by atoms with Gasteiger partial charge in [-0.25, -0.2) is 9.97 Å². The molecule has 13 heteroatoms. The molecule has 5 heterocycles. The highest BCUT2D eigenvalue weighted by molar-refractivity contribution is 6.04. The number of Topliss-reactive ketones (excluding diaryl/α,β-unsaturated/α-hetero) is 1. The van der Waals surface area contributed by atoms with Gasteiger partial charge in [0.05, 0.1) is 24.4 Å². The van der Waals surface area contributed by atoms with Crippen LogP contribution in [0.4, 0.5) is 19.0 Å². The van der Waals surface area contributed by atoms with Crippen molar-refractivity contribution in [1.29, 1.82) is 0 Å². The minimum Gasteiger partial charge on any atom is -0.491 e. The van der Waals surface area contributed by atoms with Gasteiger partial charge in [-0.3, -0.25) is 9.48 Å². The topological polar surface area (TPSA) is 90.1 Å². The van der Waals surface area contributed by atoms with Crippen LogP contribution in [-0.4, -0.2) is 62.9 Å². The quantitative estimate of drug-likeness (QED) is 0.305. The van der Waals surface area contributed by atoms with Crippen molar-refractivity contribution in [1.82, 2.24) is 29.6 Å². The molecule has 0 unspecified atom stereocenters. The predicted molar refractivity (Wildman–Crippen MR) is 158 cm³/mol. The summed E-state index contributed by atoms with van der Waals surface area (Å²) >= 11 is 0. The van der Waals surface area contributed by atoms with Gasteiger partial charge < -0.3 is 19.5 Å². The van der Waals surface area contributed by atoms with E-state index >= 15 is 0 Å². The van der Waals surface area contributed by atoms with Crippen molar-refractivity contribution < 1.29 is 22.7 Å². The van der Waals surface area contributed by atoms with Crippen molar-refractivity contribution in [3.63, 3.8) is 0 Å². The van der Waals surface area contributed by atoms with E-state index in [0.717, 1.165) is 30.2 Å². The van der Waals surface area contributed by atoms with Gasteiger partial charge in [0.15, 0.2) is 11.5 Å². The number of hydrogen-bond donors (Lipinski definition) is 1. The number of aryl methyl sites for hydroxylation is 2. The van der Waals surface area contributed by atoms with Gasteiger partial charge in [0, 0.05) is 74.1 Å². The lowest BCUT2D eigenvalue weighted by molar-refractivity contribution is -0.141. The summed E-state index contributed by atoms with van der Waals surface area (Å²) in [6, 6.07) is 7.80. The number of ether oxygens (including phenoxy) is 1. The number of benzene rings is 1. The van der Waals surface area contributed by atoms with Crippen molar-refractivity contribution in [2.75, 3.05) is 31.6 Å². The summed E-state index contributed by atoms with van der Waals surface area (Å²) in [5.41, 5.74) is 1.83. The monoisotopic (exact) mass is 615 g/mol. The van der Waals surface area contributed by atoms with E-state index in [1.54, 1.807) is 42.3 Å². The number of halogens is 4. The maximum Gasteiger partial charge on any atom is 0.435 e. The van der Waals surface area contributed by atoms with Crippen LogP contribution in [0.15, 0.2) is 49.2 Å². The second kappa shape index (κ2) is 12.0. The van der Waals surface area contributed by atoms with E-state index in [9.17, 15) is 18.0 Å². The number of fused-ring (bicyclic) bond motifs is 1. The Hall–Kier alpha value is -3.90. The van der Waals surface area contributed by atoms with Gasteiger partial charge in [0.1, 0.15) is 11.6 Å².